The minimum absolute atomic E-state index is 0.152. The van der Waals surface area contributed by atoms with Crippen LogP contribution in [0.15, 0.2) is 24.3 Å². The van der Waals surface area contributed by atoms with E-state index in [2.05, 4.69) is 5.32 Å². The van der Waals surface area contributed by atoms with Crippen LogP contribution in [0.5, 0.6) is 0 Å². The van der Waals surface area contributed by atoms with Gasteiger partial charge in [-0.3, -0.25) is 4.79 Å². The second-order valence-electron chi connectivity index (χ2n) is 4.68. The number of nitrogens with two attached hydrogens (primary N) is 1. The lowest BCUT2D eigenvalue weighted by atomic mass is 10.1. The highest BCUT2D eigenvalue weighted by molar-refractivity contribution is 5.81. The Hall–Kier alpha value is -2.59. The molecular formula is C14H16N4O3. The van der Waals surface area contributed by atoms with Crippen molar-refractivity contribution in [2.75, 3.05) is 19.7 Å². The Morgan fingerprint density at radius 1 is 1.52 bits per heavy atom. The molecule has 21 heavy (non-hydrogen) atoms. The van der Waals surface area contributed by atoms with Crippen LogP contribution in [0.3, 0.4) is 0 Å². The molecule has 1 aromatic carbocycles. The fourth-order valence-electron chi connectivity index (χ4n) is 2.05. The van der Waals surface area contributed by atoms with Gasteiger partial charge in [0.05, 0.1) is 24.8 Å². The van der Waals surface area contributed by atoms with Crippen LogP contribution in [-0.4, -0.2) is 42.6 Å². The molecule has 1 saturated heterocycles. The van der Waals surface area contributed by atoms with E-state index in [1.807, 2.05) is 12.1 Å². The number of hydrogen-bond donors (Lipinski definition) is 2. The van der Waals surface area contributed by atoms with Gasteiger partial charge in [0.1, 0.15) is 0 Å². The number of urea groups is 1. The molecule has 1 aromatic rings. The van der Waals surface area contributed by atoms with E-state index in [1.54, 1.807) is 18.2 Å². The van der Waals surface area contributed by atoms with Crippen LogP contribution >= 0.6 is 0 Å². The van der Waals surface area contributed by atoms with Gasteiger partial charge in [0.15, 0.2) is 6.10 Å². The van der Waals surface area contributed by atoms with Crippen LogP contribution in [-0.2, 0) is 16.1 Å². The van der Waals surface area contributed by atoms with E-state index in [9.17, 15) is 9.59 Å². The van der Waals surface area contributed by atoms with Gasteiger partial charge in [-0.05, 0) is 17.7 Å². The van der Waals surface area contributed by atoms with Crippen LogP contribution in [0.1, 0.15) is 11.1 Å². The summed E-state index contributed by atoms with van der Waals surface area (Å²) in [6, 6.07) is 8.76. The molecule has 3 amide bonds. The lowest BCUT2D eigenvalue weighted by molar-refractivity contribution is -0.133. The van der Waals surface area contributed by atoms with Crippen molar-refractivity contribution in [3.8, 4) is 6.07 Å². The van der Waals surface area contributed by atoms with Crippen molar-refractivity contribution in [1.82, 2.24) is 10.2 Å². The van der Waals surface area contributed by atoms with Gasteiger partial charge in [-0.25, -0.2) is 4.79 Å². The van der Waals surface area contributed by atoms with Crippen LogP contribution in [0.2, 0.25) is 0 Å². The molecule has 2 rings (SSSR count). The zero-order chi connectivity index (χ0) is 15.2. The monoisotopic (exact) mass is 288 g/mol. The van der Waals surface area contributed by atoms with Gasteiger partial charge in [0.2, 0.25) is 5.91 Å². The molecule has 1 atom stereocenters. The van der Waals surface area contributed by atoms with Gasteiger partial charge in [0.25, 0.3) is 0 Å². The first-order chi connectivity index (χ1) is 10.1. The summed E-state index contributed by atoms with van der Waals surface area (Å²) in [4.78, 5) is 24.6. The van der Waals surface area contributed by atoms with Crippen LogP contribution < -0.4 is 11.1 Å². The molecule has 0 bridgehead atoms. The summed E-state index contributed by atoms with van der Waals surface area (Å²) < 4.78 is 5.18. The maximum atomic E-state index is 12.0. The van der Waals surface area contributed by atoms with Crippen LogP contribution in [0, 0.1) is 11.3 Å². The molecule has 3 N–H and O–H groups in total. The quantitative estimate of drug-likeness (QED) is 0.813. The Bertz CT molecular complexity index is 582. The van der Waals surface area contributed by atoms with Crippen molar-refractivity contribution in [3.05, 3.63) is 35.4 Å². The molecule has 1 aliphatic rings. The summed E-state index contributed by atoms with van der Waals surface area (Å²) in [5.74, 6) is -0.575. The normalized spacial score (nSPS) is 17.9. The highest BCUT2D eigenvalue weighted by atomic mass is 16.5. The Morgan fingerprint density at radius 3 is 3.05 bits per heavy atom. The number of nitrogens with zero attached hydrogens (tertiary/aromatic N) is 2. The standard InChI is InChI=1S/C14H16N4O3/c15-7-10-2-1-3-11(6-10)8-17-14(20)18-4-5-21-12(9-18)13(16)19/h1-3,6,12H,4-5,8-9H2,(H2,16,19)(H,17,20)/t12-/m1/s1. The van der Waals surface area contributed by atoms with Crippen LogP contribution in [0.25, 0.3) is 0 Å². The van der Waals surface area contributed by atoms with Crippen molar-refractivity contribution < 1.29 is 14.3 Å². The molecule has 0 aliphatic carbocycles. The van der Waals surface area contributed by atoms with E-state index in [4.69, 9.17) is 15.7 Å². The zero-order valence-electron chi connectivity index (χ0n) is 11.4. The average molecular weight is 288 g/mol. The van der Waals surface area contributed by atoms with E-state index in [1.165, 1.54) is 4.90 Å². The largest absolute Gasteiger partial charge is 0.367 e. The number of morpholine rings is 1. The number of benzene rings is 1. The highest BCUT2D eigenvalue weighted by Gasteiger charge is 2.27. The third kappa shape index (κ3) is 3.94. The highest BCUT2D eigenvalue weighted by Crippen LogP contribution is 2.07. The lowest BCUT2D eigenvalue weighted by Crippen LogP contribution is -2.53. The molecule has 7 heteroatoms. The van der Waals surface area contributed by atoms with Gasteiger partial charge in [-0.15, -0.1) is 0 Å². The minimum atomic E-state index is -0.758. The number of primary amides is 1. The number of nitrogens with one attached hydrogen (secondary N) is 1. The molecule has 0 spiro atoms. The Labute approximate surface area is 122 Å². The Kier molecular flexibility index (Phi) is 4.74. The summed E-state index contributed by atoms with van der Waals surface area (Å²) in [6.07, 6.45) is -0.758. The molecule has 7 nitrogen and oxygen atoms in total. The molecule has 1 aliphatic heterocycles. The fraction of sp³-hybridized carbons (Fsp3) is 0.357. The van der Waals surface area contributed by atoms with E-state index in [-0.39, 0.29) is 19.2 Å². The molecule has 0 radical (unpaired) electrons. The van der Waals surface area contributed by atoms with Gasteiger partial charge in [-0.1, -0.05) is 12.1 Å². The average Bonchev–Trinajstić information content (AvgIpc) is 2.53. The number of carbonyl (C=O) groups is 2. The van der Waals surface area contributed by atoms with Crippen molar-refractivity contribution in [3.63, 3.8) is 0 Å². The first-order valence-corrected chi connectivity index (χ1v) is 6.53. The summed E-state index contributed by atoms with van der Waals surface area (Å²) in [5, 5.41) is 11.6. The molecular weight excluding hydrogens is 272 g/mol. The topological polar surface area (TPSA) is 108 Å². The third-order valence-electron chi connectivity index (χ3n) is 3.17. The van der Waals surface area contributed by atoms with Crippen molar-refractivity contribution >= 4 is 11.9 Å². The lowest BCUT2D eigenvalue weighted by Gasteiger charge is -2.31. The van der Waals surface area contributed by atoms with Crippen LogP contribution in [0.4, 0.5) is 4.79 Å². The molecule has 1 heterocycles. The predicted octanol–water partition coefficient (Wildman–Crippen LogP) is -0.0460. The van der Waals surface area contributed by atoms with Crippen molar-refractivity contribution in [2.45, 2.75) is 12.6 Å². The summed E-state index contributed by atoms with van der Waals surface area (Å²) in [7, 11) is 0. The number of rotatable bonds is 3. The van der Waals surface area contributed by atoms with Gasteiger partial charge >= 0.3 is 6.03 Å². The van der Waals surface area contributed by atoms with E-state index in [0.717, 1.165) is 5.56 Å². The zero-order valence-corrected chi connectivity index (χ0v) is 11.4. The number of nitriles is 1. The second kappa shape index (κ2) is 6.72. The predicted molar refractivity (Wildman–Crippen MR) is 73.9 cm³/mol. The van der Waals surface area contributed by atoms with Gasteiger partial charge in [0, 0.05) is 13.1 Å². The smallest absolute Gasteiger partial charge is 0.317 e. The third-order valence-corrected chi connectivity index (χ3v) is 3.17. The van der Waals surface area contributed by atoms with Crippen molar-refractivity contribution in [1.29, 1.82) is 5.26 Å². The second-order valence-corrected chi connectivity index (χ2v) is 4.68. The maximum Gasteiger partial charge on any atom is 0.317 e. The summed E-state index contributed by atoms with van der Waals surface area (Å²) in [5.41, 5.74) is 6.55. The molecule has 0 aromatic heterocycles. The Balaban J connectivity index is 1.89. The van der Waals surface area contributed by atoms with Gasteiger partial charge in [-0.2, -0.15) is 5.26 Å². The summed E-state index contributed by atoms with van der Waals surface area (Å²) in [6.45, 7) is 1.16. The minimum Gasteiger partial charge on any atom is -0.367 e. The molecule has 0 unspecified atom stereocenters. The molecule has 0 saturated carbocycles. The number of amides is 3. The van der Waals surface area contributed by atoms with Gasteiger partial charge < -0.3 is 20.7 Å². The maximum absolute atomic E-state index is 12.0. The van der Waals surface area contributed by atoms with E-state index >= 15 is 0 Å². The van der Waals surface area contributed by atoms with E-state index < -0.39 is 12.0 Å². The van der Waals surface area contributed by atoms with Crippen molar-refractivity contribution in [2.24, 2.45) is 5.73 Å². The number of carbonyl (C=O) groups excluding carboxylic acids is 2. The first-order valence-electron chi connectivity index (χ1n) is 6.53. The number of hydrogen-bond acceptors (Lipinski definition) is 4. The SMILES string of the molecule is N#Cc1cccc(CNC(=O)N2CCO[C@@H](C(N)=O)C2)c1. The molecule has 1 fully saturated rings. The van der Waals surface area contributed by atoms with E-state index in [0.29, 0.717) is 18.7 Å². The summed E-state index contributed by atoms with van der Waals surface area (Å²) >= 11 is 0. The first kappa shape index (κ1) is 14.8. The Morgan fingerprint density at radius 2 is 2.33 bits per heavy atom. The molecule has 110 valence electrons. The fourth-order valence-corrected chi connectivity index (χ4v) is 2.05. The number of ether oxygens (including phenoxy) is 1.